The Labute approximate surface area is 852 Å². The zero-order chi connectivity index (χ0) is 106. The number of amides is 13. The number of piperazine rings is 1. The van der Waals surface area contributed by atoms with Crippen molar-refractivity contribution in [1.29, 1.82) is 0 Å². The number of hydrogen-bond acceptors (Lipinski definition) is 27. The van der Waals surface area contributed by atoms with Crippen molar-refractivity contribution >= 4 is 164 Å². The van der Waals surface area contributed by atoms with Crippen molar-refractivity contribution in [3.05, 3.63) is 106 Å². The van der Waals surface area contributed by atoms with Gasteiger partial charge < -0.3 is 114 Å². The molecule has 45 nitrogen and oxygen atoms in total. The Morgan fingerprint density at radius 1 is 0.566 bits per heavy atom. The highest BCUT2D eigenvalue weighted by Gasteiger charge is 2.48. The summed E-state index contributed by atoms with van der Waals surface area (Å²) >= 11 is 8.99. The Kier molecular flexibility index (Phi) is 43.5. The molecule has 5 aromatic rings. The average Bonchev–Trinajstić information content (AvgIpc) is 1.76. The number of para-hydroxylation sites is 1. The van der Waals surface area contributed by atoms with Crippen molar-refractivity contribution in [2.75, 3.05) is 136 Å². The molecular formula is C97H137ClN20O25S2. The van der Waals surface area contributed by atoms with Gasteiger partial charge in [-0.05, 0) is 89.1 Å². The Balaban J connectivity index is 0.929. The third-order valence-corrected chi connectivity index (χ3v) is 28.8. The minimum atomic E-state index is -1.84. The number of rotatable bonds is 38. The number of nitrogens with one attached hydrogen (secondary N) is 12. The van der Waals surface area contributed by atoms with Gasteiger partial charge in [-0.2, -0.15) is 23.5 Å². The van der Waals surface area contributed by atoms with Gasteiger partial charge in [-0.25, -0.2) is 0 Å². The van der Waals surface area contributed by atoms with E-state index in [2.05, 4.69) is 68.0 Å². The first-order valence-corrected chi connectivity index (χ1v) is 51.5. The number of nitrogens with two attached hydrogens (primary N) is 1. The van der Waals surface area contributed by atoms with Crippen LogP contribution in [0.5, 0.6) is 0 Å². The number of fused-ring (bicyclic) bond motifs is 4. The van der Waals surface area contributed by atoms with E-state index >= 15 is 33.6 Å². The van der Waals surface area contributed by atoms with Crippen LogP contribution >= 0.6 is 35.1 Å². The Morgan fingerprint density at radius 3 is 1.68 bits per heavy atom. The Hall–Kier alpha value is -12.1. The molecule has 48 heteroatoms. The summed E-state index contributed by atoms with van der Waals surface area (Å²) in [5.41, 5.74) is 8.52. The molecule has 1 spiro atoms. The summed E-state index contributed by atoms with van der Waals surface area (Å²) in [4.78, 5) is 270. The molecule has 2 bridgehead atoms. The quantitative estimate of drug-likeness (QED) is 0.0234. The fraction of sp³-hybridized carbons (Fsp3) is 0.588. The molecule has 10 rings (SSSR count). The number of carboxylic acids is 5. The minimum Gasteiger partial charge on any atom is -0.481 e. The molecule has 4 fully saturated rings. The maximum Gasteiger partial charge on any atom is 0.317 e. The maximum atomic E-state index is 15.8. The van der Waals surface area contributed by atoms with Crippen LogP contribution in [0.4, 0.5) is 0 Å². The van der Waals surface area contributed by atoms with Crippen LogP contribution in [0.15, 0.2) is 73.1 Å². The molecule has 0 aliphatic carbocycles. The molecule has 7 heterocycles. The highest BCUT2D eigenvalue weighted by molar-refractivity contribution is 7.98. The van der Waals surface area contributed by atoms with Gasteiger partial charge >= 0.3 is 29.8 Å². The van der Waals surface area contributed by atoms with Crippen molar-refractivity contribution in [1.82, 2.24) is 97.4 Å². The second kappa shape index (κ2) is 54.9. The lowest BCUT2D eigenvalue weighted by Crippen LogP contribution is -2.67. The monoisotopic (exact) mass is 2080 g/mol. The summed E-state index contributed by atoms with van der Waals surface area (Å²) in [6, 6.07) is 2.21. The van der Waals surface area contributed by atoms with Gasteiger partial charge in [0.15, 0.2) is 0 Å². The van der Waals surface area contributed by atoms with Crippen molar-refractivity contribution < 1.29 is 122 Å². The molecule has 20 N–H and O–H groups in total. The zero-order valence-corrected chi connectivity index (χ0v) is 85.0. The molecule has 145 heavy (non-hydrogen) atoms. The number of aromatic amines is 2. The fourth-order valence-corrected chi connectivity index (χ4v) is 20.6. The lowest BCUT2D eigenvalue weighted by molar-refractivity contribution is -0.143. The molecule has 4 saturated heterocycles. The summed E-state index contributed by atoms with van der Waals surface area (Å²) in [5, 5.41) is 89.6. The van der Waals surface area contributed by atoms with E-state index in [4.69, 9.17) is 22.1 Å². The van der Waals surface area contributed by atoms with Gasteiger partial charge in [0.25, 0.3) is 0 Å². The number of primary amides is 1. The lowest BCUT2D eigenvalue weighted by Gasteiger charge is -2.39. The highest BCUT2D eigenvalue weighted by Crippen LogP contribution is 2.31. The molecule has 0 radical (unpaired) electrons. The molecule has 3 aromatic carbocycles. The summed E-state index contributed by atoms with van der Waals surface area (Å²) in [6.45, 7) is 13.2. The molecular weight excluding hydrogens is 1940 g/mol. The van der Waals surface area contributed by atoms with Crippen LogP contribution in [0.3, 0.4) is 0 Å². The number of nitrogens with zero attached hydrogens (tertiary/aromatic N) is 7. The van der Waals surface area contributed by atoms with Crippen molar-refractivity contribution in [2.45, 2.75) is 209 Å². The number of hydrogen-bond donors (Lipinski definition) is 19. The van der Waals surface area contributed by atoms with Gasteiger partial charge in [0.2, 0.25) is 76.8 Å². The molecule has 5 aliphatic heterocycles. The SMILES string of the molecule is CC[C@H](C)[C@@H]1NC(=O)[C@H](CC(C)C)NC(=O)C2(CCOCC2)NC(=O)[C@@H](NC(=O)[C@@H](CC(C)C)NC(=O)[C@H](CCC(=O)O)NC(=O)[C@@H]2C[C@@H](O)CN2C(=O)[C@H](Cc2c[nH]c3ccc(Cl)cc23)NC(=O)[C@H](Cc2c[nH]c3ccccc23)NC(=O)[C@H](CC(=O)O)NC(C)=O)CSCc2cc(cc(CN3CCN(C(=O)CN4CCN(CC(=O)O)CCN(CC(=O)O)CCN(CC(=O)O)CC4)CC3)c2)CSC[C@@H](C(N)=O)NC1=O. The number of ether oxygens (including phenoxy) is 1. The Morgan fingerprint density at radius 2 is 1.11 bits per heavy atom. The first-order valence-electron chi connectivity index (χ1n) is 48.8. The summed E-state index contributed by atoms with van der Waals surface area (Å²) in [5.74, 6) is -18.5. The molecule has 5 aliphatic rings. The van der Waals surface area contributed by atoms with E-state index in [1.54, 1.807) is 102 Å². The first kappa shape index (κ1) is 115. The van der Waals surface area contributed by atoms with Crippen LogP contribution in [0.2, 0.25) is 5.02 Å². The molecule has 2 aromatic heterocycles. The number of carbonyl (C=O) groups excluding carboxylic acids is 13. The number of H-pyrrole nitrogens is 2. The van der Waals surface area contributed by atoms with Crippen LogP contribution in [-0.4, -0.2) is 390 Å². The number of halogens is 1. The molecule has 13 amide bonds. The second-order valence-electron chi connectivity index (χ2n) is 38.7. The largest absolute Gasteiger partial charge is 0.481 e. The second-order valence-corrected chi connectivity index (χ2v) is 41.2. The standard InChI is InChI=1S/C97H137ClN20O25S2/c1-8-57(6)85-94(140)107-76(86(99)132)53-144-51-60-35-59(45-112-27-29-117(30-28-112)79(121)47-113-19-21-114(48-82(126)127)23-25-116(50-84(130)131)26-24-115(22-20-113)49-83(128)129)36-61(37-60)52-145-54-77(92(138)111-97(17-31-143-32-18-97)96(142)109-72(34-56(4)5)91(137)110-85)108-88(134)71(33-55(2)3)104-87(133)70(15-16-80(122)123)103-93(139)78-41-65(120)46-118(78)95(141)75(39-63-44-101-69-14-13-64(98)40-67(63)69)106-89(135)73(38-62-43-100-68-12-10-9-11-66(62)68)105-90(136)74(42-81(124)125)102-58(7)119/h9-14,35-37,40,43-44,55-57,65,70-78,85,100-101,120H,8,15-34,38-39,41-42,45-54H2,1-7H3,(H2,99,132)(H,102,119)(H,103,139)(H,104,133)(H,105,136)(H,106,135)(H,107,140)(H,108,134)(H,109,142)(H,110,137)(H,111,138)(H,122,123)(H,124,125)(H,126,127)(H,128,129)(H,130,131)/t57-,65+,70-,71+,72-,73-,74-,75-,76-,77-,78-,85-/m0/s1. The predicted molar refractivity (Wildman–Crippen MR) is 535 cm³/mol. The number of aliphatic carboxylic acids is 5. The van der Waals surface area contributed by atoms with Gasteiger partial charge in [0, 0.05) is 213 Å². The maximum absolute atomic E-state index is 15.8. The molecule has 12 atom stereocenters. The van der Waals surface area contributed by atoms with E-state index in [1.807, 2.05) is 36.9 Å². The third-order valence-electron chi connectivity index (χ3n) is 26.3. The summed E-state index contributed by atoms with van der Waals surface area (Å²) in [7, 11) is 0. The van der Waals surface area contributed by atoms with Crippen molar-refractivity contribution in [2.24, 2.45) is 23.5 Å². The number of carboxylic acid groups (broad SMARTS) is 5. The van der Waals surface area contributed by atoms with Crippen molar-refractivity contribution in [3.8, 4) is 0 Å². The van der Waals surface area contributed by atoms with E-state index in [0.717, 1.165) is 23.0 Å². The van der Waals surface area contributed by atoms with E-state index in [-0.39, 0.29) is 170 Å². The smallest absolute Gasteiger partial charge is 0.317 e. The number of aliphatic hydroxyl groups excluding tert-OH is 1. The lowest BCUT2D eigenvalue weighted by atomic mass is 9.87. The number of aromatic nitrogens is 2. The number of benzene rings is 3. The number of β-amino-alcohol motifs (C(OH)–C–C–N with tert-alkyl or cyclic N) is 1. The van der Waals surface area contributed by atoms with E-state index in [1.165, 1.54) is 23.5 Å². The van der Waals surface area contributed by atoms with Gasteiger partial charge in [0.1, 0.15) is 66.0 Å². The van der Waals surface area contributed by atoms with Crippen molar-refractivity contribution in [3.63, 3.8) is 0 Å². The molecule has 0 saturated carbocycles. The number of carbonyl (C=O) groups is 18. The zero-order valence-electron chi connectivity index (χ0n) is 82.6. The van der Waals surface area contributed by atoms with E-state index in [9.17, 15) is 83.4 Å². The number of aliphatic hydroxyl groups is 1. The Bertz CT molecular complexity index is 5390. The number of likely N-dealkylation sites (tertiary alicyclic amines) is 1. The normalized spacial score (nSPS) is 21.3. The van der Waals surface area contributed by atoms with Gasteiger partial charge in [-0.1, -0.05) is 96.0 Å². The van der Waals surface area contributed by atoms with Gasteiger partial charge in [0.05, 0.1) is 38.7 Å². The van der Waals surface area contributed by atoms with Crippen LogP contribution in [0.25, 0.3) is 21.8 Å². The summed E-state index contributed by atoms with van der Waals surface area (Å²) < 4.78 is 5.79. The summed E-state index contributed by atoms with van der Waals surface area (Å²) in [6.07, 6.45) is -1.78. The minimum absolute atomic E-state index is 0.0276. The van der Waals surface area contributed by atoms with Crippen LogP contribution in [0.1, 0.15) is 134 Å². The van der Waals surface area contributed by atoms with E-state index in [0.29, 0.717) is 77.6 Å². The topological polar surface area (TPSA) is 638 Å². The predicted octanol–water partition coefficient (Wildman–Crippen LogP) is -0.639. The van der Waals surface area contributed by atoms with Gasteiger partial charge in [-0.15, -0.1) is 0 Å². The van der Waals surface area contributed by atoms with Crippen LogP contribution in [-0.2, 0) is 122 Å². The van der Waals surface area contributed by atoms with Crippen LogP contribution in [0, 0.1) is 17.8 Å². The first-order chi connectivity index (χ1) is 68.9. The highest BCUT2D eigenvalue weighted by atomic mass is 35.5. The average molecular weight is 2080 g/mol. The number of thioether (sulfide) groups is 2. The third kappa shape index (κ3) is 35.1. The molecule has 794 valence electrons. The van der Waals surface area contributed by atoms with E-state index < -0.39 is 217 Å². The molecule has 0 unspecified atom stereocenters. The van der Waals surface area contributed by atoms with Gasteiger partial charge in [-0.3, -0.25) is 111 Å². The fourth-order valence-electron chi connectivity index (χ4n) is 18.4. The van der Waals surface area contributed by atoms with Crippen LogP contribution < -0.4 is 58.9 Å².